The summed E-state index contributed by atoms with van der Waals surface area (Å²) in [4.78, 5) is 0. The van der Waals surface area contributed by atoms with Crippen LogP contribution in [0.1, 0.15) is 95.5 Å². The van der Waals surface area contributed by atoms with Gasteiger partial charge in [-0.25, -0.2) is 13.2 Å². The molecule has 2 nitrogen and oxygen atoms in total. The van der Waals surface area contributed by atoms with Gasteiger partial charge in [-0.3, -0.25) is 0 Å². The van der Waals surface area contributed by atoms with Crippen molar-refractivity contribution in [2.45, 2.75) is 90.8 Å². The number of benzene rings is 3. The zero-order valence-electron chi connectivity index (χ0n) is 24.0. The molecule has 0 aliphatic carbocycles. The Kier molecular flexibility index (Phi) is 11.7. The molecule has 0 radical (unpaired) electrons. The smallest absolute Gasteiger partial charge is 0.183 e. The molecule has 0 spiro atoms. The summed E-state index contributed by atoms with van der Waals surface area (Å²) >= 11 is 0. The van der Waals surface area contributed by atoms with Crippen LogP contribution < -0.4 is 0 Å². The van der Waals surface area contributed by atoms with Crippen molar-refractivity contribution < 1.29 is 22.6 Å². The minimum Gasteiger partial charge on any atom is -0.348 e. The van der Waals surface area contributed by atoms with Crippen LogP contribution in [-0.4, -0.2) is 13.2 Å². The summed E-state index contributed by atoms with van der Waals surface area (Å²) in [7, 11) is 0. The third kappa shape index (κ3) is 7.98. The zero-order chi connectivity index (χ0) is 28.3. The number of halogens is 3. The molecule has 4 rings (SSSR count). The lowest BCUT2D eigenvalue weighted by Crippen LogP contribution is -2.27. The van der Waals surface area contributed by atoms with E-state index < -0.39 is 17.9 Å². The van der Waals surface area contributed by atoms with Gasteiger partial charge >= 0.3 is 0 Å². The van der Waals surface area contributed by atoms with Crippen molar-refractivity contribution in [3.8, 4) is 22.3 Å². The highest BCUT2D eigenvalue weighted by Crippen LogP contribution is 2.33. The Morgan fingerprint density at radius 3 is 1.93 bits per heavy atom. The maximum Gasteiger partial charge on any atom is 0.183 e. The lowest BCUT2D eigenvalue weighted by molar-refractivity contribution is -0.206. The molecule has 0 amide bonds. The van der Waals surface area contributed by atoms with Gasteiger partial charge in [0.05, 0.1) is 13.2 Å². The van der Waals surface area contributed by atoms with Gasteiger partial charge in [0, 0.05) is 22.6 Å². The molecular weight excluding hydrogens is 509 g/mol. The molecule has 0 unspecified atom stereocenters. The average Bonchev–Trinajstić information content (AvgIpc) is 2.98. The number of hydrogen-bond acceptors (Lipinski definition) is 2. The van der Waals surface area contributed by atoms with Crippen LogP contribution in [0.3, 0.4) is 0 Å². The predicted octanol–water partition coefficient (Wildman–Crippen LogP) is 10.6. The van der Waals surface area contributed by atoms with Gasteiger partial charge in [0.1, 0.15) is 5.82 Å². The van der Waals surface area contributed by atoms with E-state index in [-0.39, 0.29) is 11.4 Å². The summed E-state index contributed by atoms with van der Waals surface area (Å²) in [5.74, 6) is -1.58. The Labute approximate surface area is 237 Å². The molecule has 0 aromatic heterocycles. The average molecular weight is 553 g/mol. The largest absolute Gasteiger partial charge is 0.348 e. The fraction of sp³-hybridized carbons (Fsp3) is 0.486. The Hall–Kier alpha value is -2.63. The van der Waals surface area contributed by atoms with Crippen molar-refractivity contribution >= 4 is 0 Å². The first-order valence-corrected chi connectivity index (χ1v) is 15.1. The summed E-state index contributed by atoms with van der Waals surface area (Å²) in [5.41, 5.74) is 2.95. The number of hydrogen-bond donors (Lipinski definition) is 0. The highest BCUT2D eigenvalue weighted by molar-refractivity contribution is 5.71. The monoisotopic (exact) mass is 552 g/mol. The standard InChI is InChI=1S/C35H43F3O2/c1-3-5-7-8-9-11-13-28-18-21-31(34(38)33(28)37)27-16-14-26(15-17-27)30-20-19-29(22-32(30)36)35-39-23-25(24-40-35)12-10-6-4-2/h14-22,25,35H,3-13,23-24H2,1-2H3. The van der Waals surface area contributed by atoms with Gasteiger partial charge in [0.15, 0.2) is 17.9 Å². The van der Waals surface area contributed by atoms with Crippen LogP contribution in [0.2, 0.25) is 0 Å². The molecule has 1 saturated heterocycles. The van der Waals surface area contributed by atoms with E-state index in [9.17, 15) is 8.78 Å². The van der Waals surface area contributed by atoms with Gasteiger partial charge in [-0.1, -0.05) is 114 Å². The SMILES string of the molecule is CCCCCCCCc1ccc(-c2ccc(-c3ccc(C4OCC(CCCCC)CO4)cc3F)cc2)c(F)c1F. The highest BCUT2D eigenvalue weighted by Gasteiger charge is 2.24. The lowest BCUT2D eigenvalue weighted by atomic mass is 9.96. The number of aryl methyl sites for hydroxylation is 1. The van der Waals surface area contributed by atoms with Crippen LogP contribution in [0.4, 0.5) is 13.2 Å². The first-order chi connectivity index (χ1) is 19.5. The first kappa shape index (κ1) is 30.3. The minimum absolute atomic E-state index is 0.214. The molecule has 1 fully saturated rings. The van der Waals surface area contributed by atoms with Crippen molar-refractivity contribution in [1.29, 1.82) is 0 Å². The second-order valence-electron chi connectivity index (χ2n) is 11.1. The third-order valence-electron chi connectivity index (χ3n) is 7.92. The van der Waals surface area contributed by atoms with Gasteiger partial charge in [-0.15, -0.1) is 0 Å². The molecule has 0 N–H and O–H groups in total. The Balaban J connectivity index is 1.37. The Morgan fingerprint density at radius 2 is 1.25 bits per heavy atom. The molecule has 0 bridgehead atoms. The summed E-state index contributed by atoms with van der Waals surface area (Å²) in [5, 5.41) is 0. The Bertz CT molecular complexity index is 1200. The molecule has 3 aromatic rings. The number of unbranched alkanes of at least 4 members (excludes halogenated alkanes) is 7. The van der Waals surface area contributed by atoms with Crippen molar-refractivity contribution in [2.75, 3.05) is 13.2 Å². The molecule has 0 atom stereocenters. The van der Waals surface area contributed by atoms with Gasteiger partial charge < -0.3 is 9.47 Å². The fourth-order valence-corrected chi connectivity index (χ4v) is 5.43. The van der Waals surface area contributed by atoms with E-state index in [4.69, 9.17) is 9.47 Å². The molecule has 216 valence electrons. The molecule has 3 aromatic carbocycles. The van der Waals surface area contributed by atoms with Gasteiger partial charge in [0.2, 0.25) is 0 Å². The van der Waals surface area contributed by atoms with Crippen LogP contribution in [-0.2, 0) is 15.9 Å². The second kappa shape index (κ2) is 15.4. The van der Waals surface area contributed by atoms with Crippen LogP contribution in [0, 0.1) is 23.4 Å². The van der Waals surface area contributed by atoms with E-state index in [0.29, 0.717) is 53.4 Å². The topological polar surface area (TPSA) is 18.5 Å². The molecule has 1 aliphatic rings. The molecule has 0 saturated carbocycles. The summed E-state index contributed by atoms with van der Waals surface area (Å²) < 4.78 is 56.7. The maximum atomic E-state index is 15.1. The van der Waals surface area contributed by atoms with E-state index in [1.54, 1.807) is 42.5 Å². The van der Waals surface area contributed by atoms with E-state index in [1.165, 1.54) is 44.6 Å². The lowest BCUT2D eigenvalue weighted by Gasteiger charge is -2.29. The Morgan fingerprint density at radius 1 is 0.650 bits per heavy atom. The molecule has 1 heterocycles. The van der Waals surface area contributed by atoms with Crippen molar-refractivity contribution in [2.24, 2.45) is 5.92 Å². The third-order valence-corrected chi connectivity index (χ3v) is 7.92. The maximum absolute atomic E-state index is 15.1. The molecule has 5 heteroatoms. The van der Waals surface area contributed by atoms with E-state index in [2.05, 4.69) is 13.8 Å². The van der Waals surface area contributed by atoms with E-state index in [1.807, 2.05) is 6.07 Å². The first-order valence-electron chi connectivity index (χ1n) is 15.1. The van der Waals surface area contributed by atoms with Gasteiger partial charge in [-0.05, 0) is 42.0 Å². The quantitative estimate of drug-likeness (QED) is 0.185. The van der Waals surface area contributed by atoms with Crippen LogP contribution in [0.25, 0.3) is 22.3 Å². The fourth-order valence-electron chi connectivity index (χ4n) is 5.43. The van der Waals surface area contributed by atoms with Crippen LogP contribution >= 0.6 is 0 Å². The van der Waals surface area contributed by atoms with Gasteiger partial charge in [0.25, 0.3) is 0 Å². The normalized spacial score (nSPS) is 17.3. The van der Waals surface area contributed by atoms with Crippen molar-refractivity contribution in [3.05, 3.63) is 83.2 Å². The van der Waals surface area contributed by atoms with E-state index >= 15 is 4.39 Å². The van der Waals surface area contributed by atoms with E-state index in [0.717, 1.165) is 25.7 Å². The summed E-state index contributed by atoms with van der Waals surface area (Å²) in [6.45, 7) is 5.61. The second-order valence-corrected chi connectivity index (χ2v) is 11.1. The molecule has 40 heavy (non-hydrogen) atoms. The molecule has 1 aliphatic heterocycles. The van der Waals surface area contributed by atoms with Crippen LogP contribution in [0.15, 0.2) is 54.6 Å². The highest BCUT2D eigenvalue weighted by atomic mass is 19.2. The number of rotatable bonds is 14. The van der Waals surface area contributed by atoms with Crippen molar-refractivity contribution in [3.63, 3.8) is 0 Å². The molecular formula is C35H43F3O2. The zero-order valence-corrected chi connectivity index (χ0v) is 24.0. The summed E-state index contributed by atoms with van der Waals surface area (Å²) in [6, 6.07) is 15.2. The van der Waals surface area contributed by atoms with Crippen molar-refractivity contribution in [1.82, 2.24) is 0 Å². The minimum atomic E-state index is -0.827. The number of ether oxygens (including phenoxy) is 2. The van der Waals surface area contributed by atoms with Gasteiger partial charge in [-0.2, -0.15) is 0 Å². The predicted molar refractivity (Wildman–Crippen MR) is 157 cm³/mol. The van der Waals surface area contributed by atoms with Crippen LogP contribution in [0.5, 0.6) is 0 Å². The summed E-state index contributed by atoms with van der Waals surface area (Å²) in [6.07, 6.45) is 11.3.